The molecule has 1 heterocycles. The van der Waals surface area contributed by atoms with Gasteiger partial charge in [-0.2, -0.15) is 0 Å². The van der Waals surface area contributed by atoms with Gasteiger partial charge in [-0.3, -0.25) is 9.59 Å². The van der Waals surface area contributed by atoms with Crippen LogP contribution < -0.4 is 11.1 Å². The highest BCUT2D eigenvalue weighted by Gasteiger charge is 2.54. The van der Waals surface area contributed by atoms with E-state index in [0.717, 1.165) is 25.7 Å². The molecule has 2 atom stereocenters. The Kier molecular flexibility index (Phi) is 3.85. The molecule has 2 rings (SSSR count). The molecule has 0 aromatic carbocycles. The summed E-state index contributed by atoms with van der Waals surface area (Å²) in [6.45, 7) is 5.65. The fraction of sp³-hybridized carbons (Fsp3) is 0.857. The lowest BCUT2D eigenvalue weighted by molar-refractivity contribution is -0.143. The van der Waals surface area contributed by atoms with E-state index in [4.69, 9.17) is 5.73 Å². The van der Waals surface area contributed by atoms with Crippen LogP contribution in [0.5, 0.6) is 0 Å². The maximum atomic E-state index is 12.5. The Labute approximate surface area is 114 Å². The standard InChI is InChI=1S/C14H25N3O2/c1-9(2)11-12(18)16-14(7-5-4-6-8-14)17(11)13(19)10(3)15/h9-11H,4-8,15H2,1-3H3,(H,16,18). The molecule has 5 nitrogen and oxygen atoms in total. The first-order valence-corrected chi connectivity index (χ1v) is 7.30. The van der Waals surface area contributed by atoms with E-state index in [-0.39, 0.29) is 23.8 Å². The van der Waals surface area contributed by atoms with Crippen molar-refractivity contribution in [3.8, 4) is 0 Å². The van der Waals surface area contributed by atoms with E-state index in [9.17, 15) is 9.59 Å². The van der Waals surface area contributed by atoms with Crippen molar-refractivity contribution < 1.29 is 9.59 Å². The van der Waals surface area contributed by atoms with Crippen molar-refractivity contribution in [2.45, 2.75) is 70.6 Å². The summed E-state index contributed by atoms with van der Waals surface area (Å²) in [5.41, 5.74) is 5.31. The third-order valence-electron chi connectivity index (χ3n) is 4.30. The van der Waals surface area contributed by atoms with Crippen LogP contribution in [-0.4, -0.2) is 34.5 Å². The largest absolute Gasteiger partial charge is 0.331 e. The van der Waals surface area contributed by atoms with E-state index < -0.39 is 11.7 Å². The lowest BCUT2D eigenvalue weighted by atomic mass is 9.87. The third kappa shape index (κ3) is 2.36. The summed E-state index contributed by atoms with van der Waals surface area (Å²) in [6, 6.07) is -0.940. The van der Waals surface area contributed by atoms with Crippen LogP contribution >= 0.6 is 0 Å². The summed E-state index contributed by atoms with van der Waals surface area (Å²) in [5.74, 6) is -0.0335. The fourth-order valence-electron chi connectivity index (χ4n) is 3.42. The Morgan fingerprint density at radius 2 is 1.89 bits per heavy atom. The molecule has 1 saturated carbocycles. The van der Waals surface area contributed by atoms with Gasteiger partial charge in [0.15, 0.2) is 0 Å². The summed E-state index contributed by atoms with van der Waals surface area (Å²) in [5, 5.41) is 3.10. The zero-order valence-corrected chi connectivity index (χ0v) is 12.1. The average molecular weight is 267 g/mol. The number of hydrogen-bond acceptors (Lipinski definition) is 3. The van der Waals surface area contributed by atoms with Crippen LogP contribution in [0, 0.1) is 5.92 Å². The molecule has 108 valence electrons. The monoisotopic (exact) mass is 267 g/mol. The normalized spacial score (nSPS) is 27.7. The van der Waals surface area contributed by atoms with Crippen molar-refractivity contribution in [1.29, 1.82) is 0 Å². The van der Waals surface area contributed by atoms with Crippen molar-refractivity contribution in [1.82, 2.24) is 10.2 Å². The number of nitrogens with one attached hydrogen (secondary N) is 1. The van der Waals surface area contributed by atoms with E-state index in [1.807, 2.05) is 13.8 Å². The summed E-state index contributed by atoms with van der Waals surface area (Å²) in [4.78, 5) is 26.5. The van der Waals surface area contributed by atoms with Crippen LogP contribution in [0.4, 0.5) is 0 Å². The third-order valence-corrected chi connectivity index (χ3v) is 4.30. The molecule has 2 unspecified atom stereocenters. The molecule has 1 saturated heterocycles. The summed E-state index contributed by atoms with van der Waals surface area (Å²) in [7, 11) is 0. The first-order valence-electron chi connectivity index (χ1n) is 7.30. The Morgan fingerprint density at radius 1 is 1.32 bits per heavy atom. The van der Waals surface area contributed by atoms with Crippen LogP contribution in [0.1, 0.15) is 52.9 Å². The summed E-state index contributed by atoms with van der Waals surface area (Å²) in [6.07, 6.45) is 4.96. The van der Waals surface area contributed by atoms with Crippen molar-refractivity contribution in [2.24, 2.45) is 11.7 Å². The van der Waals surface area contributed by atoms with Crippen molar-refractivity contribution >= 4 is 11.8 Å². The van der Waals surface area contributed by atoms with Gasteiger partial charge in [0.2, 0.25) is 11.8 Å². The number of carbonyl (C=O) groups is 2. The Hall–Kier alpha value is -1.10. The van der Waals surface area contributed by atoms with Gasteiger partial charge in [0.1, 0.15) is 11.7 Å². The summed E-state index contributed by atoms with van der Waals surface area (Å²) >= 11 is 0. The van der Waals surface area contributed by atoms with Gasteiger partial charge in [-0.1, -0.05) is 20.3 Å². The smallest absolute Gasteiger partial charge is 0.244 e. The molecule has 1 aliphatic heterocycles. The molecule has 0 bridgehead atoms. The van der Waals surface area contributed by atoms with Gasteiger partial charge < -0.3 is 16.0 Å². The first-order chi connectivity index (χ1) is 8.89. The highest BCUT2D eigenvalue weighted by molar-refractivity contribution is 5.94. The minimum Gasteiger partial charge on any atom is -0.331 e. The van der Waals surface area contributed by atoms with E-state index in [1.54, 1.807) is 11.8 Å². The number of nitrogens with zero attached hydrogens (tertiary/aromatic N) is 1. The van der Waals surface area contributed by atoms with Gasteiger partial charge >= 0.3 is 0 Å². The van der Waals surface area contributed by atoms with Gasteiger partial charge in [0.25, 0.3) is 0 Å². The molecular weight excluding hydrogens is 242 g/mol. The van der Waals surface area contributed by atoms with Gasteiger partial charge in [-0.25, -0.2) is 0 Å². The maximum Gasteiger partial charge on any atom is 0.244 e. The second-order valence-corrected chi connectivity index (χ2v) is 6.27. The molecular formula is C14H25N3O2. The molecule has 2 aliphatic rings. The summed E-state index contributed by atoms with van der Waals surface area (Å²) < 4.78 is 0. The molecule has 5 heteroatoms. The molecule has 1 aliphatic carbocycles. The number of amides is 2. The van der Waals surface area contributed by atoms with Crippen molar-refractivity contribution in [2.75, 3.05) is 0 Å². The van der Waals surface area contributed by atoms with Gasteiger partial charge in [0, 0.05) is 0 Å². The topological polar surface area (TPSA) is 75.4 Å². The van der Waals surface area contributed by atoms with E-state index in [0.29, 0.717) is 0 Å². The number of rotatable bonds is 2. The minimum atomic E-state index is -0.562. The van der Waals surface area contributed by atoms with Crippen LogP contribution in [0.25, 0.3) is 0 Å². The SMILES string of the molecule is CC(N)C(=O)N1C(C(C)C)C(=O)NC12CCCCC2. The van der Waals surface area contributed by atoms with Gasteiger partial charge in [0.05, 0.1) is 6.04 Å². The molecule has 2 amide bonds. The van der Waals surface area contributed by atoms with E-state index in [1.165, 1.54) is 6.42 Å². The maximum absolute atomic E-state index is 12.5. The van der Waals surface area contributed by atoms with E-state index in [2.05, 4.69) is 5.32 Å². The van der Waals surface area contributed by atoms with Crippen LogP contribution in [0.3, 0.4) is 0 Å². The van der Waals surface area contributed by atoms with Gasteiger partial charge in [-0.15, -0.1) is 0 Å². The van der Waals surface area contributed by atoms with Crippen molar-refractivity contribution in [3.05, 3.63) is 0 Å². The number of hydrogen-bond donors (Lipinski definition) is 2. The predicted molar refractivity (Wildman–Crippen MR) is 73.1 cm³/mol. The zero-order valence-electron chi connectivity index (χ0n) is 12.1. The highest BCUT2D eigenvalue weighted by atomic mass is 16.2. The molecule has 3 N–H and O–H groups in total. The lowest BCUT2D eigenvalue weighted by Gasteiger charge is -2.43. The quantitative estimate of drug-likeness (QED) is 0.783. The second kappa shape index (κ2) is 5.12. The molecule has 1 spiro atoms. The van der Waals surface area contributed by atoms with Crippen LogP contribution in [-0.2, 0) is 9.59 Å². The number of carbonyl (C=O) groups excluding carboxylic acids is 2. The van der Waals surface area contributed by atoms with Crippen molar-refractivity contribution in [3.63, 3.8) is 0 Å². The first kappa shape index (κ1) is 14.3. The Balaban J connectivity index is 2.37. The second-order valence-electron chi connectivity index (χ2n) is 6.27. The Morgan fingerprint density at radius 3 is 2.37 bits per heavy atom. The average Bonchev–Trinajstić information content (AvgIpc) is 2.61. The molecule has 0 radical (unpaired) electrons. The number of nitrogens with two attached hydrogens (primary N) is 1. The van der Waals surface area contributed by atoms with Crippen LogP contribution in [0.15, 0.2) is 0 Å². The highest BCUT2D eigenvalue weighted by Crippen LogP contribution is 2.38. The Bertz CT molecular complexity index is 373. The molecule has 0 aromatic heterocycles. The fourth-order valence-corrected chi connectivity index (χ4v) is 3.42. The zero-order chi connectivity index (χ0) is 14.2. The van der Waals surface area contributed by atoms with E-state index >= 15 is 0 Å². The van der Waals surface area contributed by atoms with Gasteiger partial charge in [-0.05, 0) is 38.5 Å². The van der Waals surface area contributed by atoms with Crippen LogP contribution in [0.2, 0.25) is 0 Å². The molecule has 0 aromatic rings. The lowest BCUT2D eigenvalue weighted by Crippen LogP contribution is -2.60. The predicted octanol–water partition coefficient (Wildman–Crippen LogP) is 0.977. The molecule has 19 heavy (non-hydrogen) atoms. The molecule has 2 fully saturated rings. The minimum absolute atomic E-state index is 0.0223.